The Hall–Kier alpha value is -4.11. The van der Waals surface area contributed by atoms with E-state index >= 15 is 0 Å². The topological polar surface area (TPSA) is 72.7 Å². The highest BCUT2D eigenvalue weighted by Gasteiger charge is 2.22. The first-order valence-electron chi connectivity index (χ1n) is 12.2. The molecule has 0 atom stereocenters. The van der Waals surface area contributed by atoms with Crippen LogP contribution in [-0.4, -0.2) is 47.8 Å². The summed E-state index contributed by atoms with van der Waals surface area (Å²) in [4.78, 5) is 25.8. The summed E-state index contributed by atoms with van der Waals surface area (Å²) in [6.07, 6.45) is 0. The highest BCUT2D eigenvalue weighted by Crippen LogP contribution is 2.21. The molecule has 4 aromatic rings. The summed E-state index contributed by atoms with van der Waals surface area (Å²) in [5.74, 6) is 0.800. The number of methoxy groups -OCH3 is 1. The summed E-state index contributed by atoms with van der Waals surface area (Å²) in [6.45, 7) is 3.35. The number of piperazine rings is 1. The largest absolute Gasteiger partial charge is 0.489 e. The molecule has 1 fully saturated rings. The monoisotopic (exact) mass is 535 g/mol. The van der Waals surface area contributed by atoms with E-state index in [-0.39, 0.29) is 18.4 Å². The van der Waals surface area contributed by atoms with E-state index in [1.807, 2.05) is 53.4 Å². The fraction of sp³-hybridized carbons (Fsp3) is 0.250. The number of nitrogens with zero attached hydrogens (tertiary/aromatic N) is 5. The molecule has 5 rings (SSSR count). The van der Waals surface area contributed by atoms with E-state index < -0.39 is 5.69 Å². The van der Waals surface area contributed by atoms with Crippen LogP contribution in [0.4, 0.5) is 16.0 Å². The molecule has 196 valence electrons. The predicted octanol–water partition coefficient (Wildman–Crippen LogP) is 4.39. The number of aromatic nitrogens is 3. The molecule has 0 radical (unpaired) electrons. The minimum atomic E-state index is -0.434. The van der Waals surface area contributed by atoms with Crippen molar-refractivity contribution < 1.29 is 13.9 Å². The van der Waals surface area contributed by atoms with Gasteiger partial charge in [-0.15, -0.1) is 0 Å². The molecule has 8 nitrogen and oxygen atoms in total. The molecule has 10 heteroatoms. The molecule has 1 aliphatic heterocycles. The van der Waals surface area contributed by atoms with Crippen LogP contribution in [0, 0.1) is 5.82 Å². The number of halogens is 2. The fourth-order valence-corrected chi connectivity index (χ4v) is 4.39. The fourth-order valence-electron chi connectivity index (χ4n) is 4.27. The van der Waals surface area contributed by atoms with Gasteiger partial charge in [-0.05, 0) is 59.7 Å². The third-order valence-electron chi connectivity index (χ3n) is 6.37. The zero-order valence-corrected chi connectivity index (χ0v) is 21.6. The molecule has 0 unspecified atom stereocenters. The number of ether oxygens (including phenoxy) is 2. The van der Waals surface area contributed by atoms with Gasteiger partial charge in [-0.25, -0.2) is 13.8 Å². The van der Waals surface area contributed by atoms with Crippen molar-refractivity contribution in [1.29, 1.82) is 0 Å². The number of anilines is 2. The minimum Gasteiger partial charge on any atom is -0.489 e. The second kappa shape index (κ2) is 11.5. The Bertz CT molecular complexity index is 1420. The van der Waals surface area contributed by atoms with E-state index in [2.05, 4.69) is 14.9 Å². The van der Waals surface area contributed by atoms with E-state index in [1.54, 1.807) is 12.1 Å². The molecule has 1 aromatic heterocycles. The summed E-state index contributed by atoms with van der Waals surface area (Å²) in [5, 5.41) is 0.685. The lowest BCUT2D eigenvalue weighted by Gasteiger charge is -2.36. The summed E-state index contributed by atoms with van der Waals surface area (Å²) in [5.41, 5.74) is 2.43. The maximum absolute atomic E-state index is 13.2. The zero-order valence-electron chi connectivity index (χ0n) is 20.9. The average molecular weight is 536 g/mol. The molecule has 0 spiro atoms. The lowest BCUT2D eigenvalue weighted by molar-refractivity contribution is 0.306. The van der Waals surface area contributed by atoms with Gasteiger partial charge in [-0.2, -0.15) is 9.97 Å². The summed E-state index contributed by atoms with van der Waals surface area (Å²) < 4.78 is 25.9. The van der Waals surface area contributed by atoms with Crippen molar-refractivity contribution in [1.82, 2.24) is 14.5 Å². The van der Waals surface area contributed by atoms with E-state index in [0.29, 0.717) is 43.8 Å². The Morgan fingerprint density at radius 2 is 1.47 bits per heavy atom. The van der Waals surface area contributed by atoms with Crippen molar-refractivity contribution in [2.45, 2.75) is 13.2 Å². The van der Waals surface area contributed by atoms with Crippen LogP contribution < -0.4 is 25.0 Å². The van der Waals surface area contributed by atoms with Gasteiger partial charge in [0, 0.05) is 36.9 Å². The number of benzene rings is 3. The standard InChI is InChI=1S/C28H27ClFN5O3/c1-37-28-32-26(34-16-14-33(15-17-34)24-10-8-23(30)9-11-24)31-27(36)35(28)18-20-4-12-25(13-5-20)38-19-21-2-6-22(29)7-3-21/h2-13H,14-19H2,1H3. The van der Waals surface area contributed by atoms with E-state index in [4.69, 9.17) is 21.1 Å². The molecular formula is C28H27ClFN5O3. The van der Waals surface area contributed by atoms with Crippen LogP contribution >= 0.6 is 11.6 Å². The van der Waals surface area contributed by atoms with Gasteiger partial charge in [0.25, 0.3) is 0 Å². The first-order valence-corrected chi connectivity index (χ1v) is 12.6. The molecule has 0 amide bonds. The van der Waals surface area contributed by atoms with Gasteiger partial charge in [0.2, 0.25) is 5.95 Å². The minimum absolute atomic E-state index is 0.198. The quantitative estimate of drug-likeness (QED) is 0.331. The van der Waals surface area contributed by atoms with Crippen molar-refractivity contribution in [2.75, 3.05) is 43.1 Å². The van der Waals surface area contributed by atoms with E-state index in [0.717, 1.165) is 22.6 Å². The Balaban J connectivity index is 1.22. The van der Waals surface area contributed by atoms with Crippen LogP contribution in [0.1, 0.15) is 11.1 Å². The molecule has 0 aliphatic carbocycles. The summed E-state index contributed by atoms with van der Waals surface area (Å²) in [7, 11) is 1.49. The van der Waals surface area contributed by atoms with Crippen LogP contribution in [0.3, 0.4) is 0 Å². The molecular weight excluding hydrogens is 509 g/mol. The van der Waals surface area contributed by atoms with Gasteiger partial charge in [0.05, 0.1) is 13.7 Å². The van der Waals surface area contributed by atoms with Crippen molar-refractivity contribution >= 4 is 23.2 Å². The van der Waals surface area contributed by atoms with E-state index in [9.17, 15) is 9.18 Å². The molecule has 3 aromatic carbocycles. The smallest absolute Gasteiger partial charge is 0.355 e. The Kier molecular flexibility index (Phi) is 7.74. The van der Waals surface area contributed by atoms with Gasteiger partial charge in [-0.3, -0.25) is 0 Å². The second-order valence-electron chi connectivity index (χ2n) is 8.89. The molecule has 0 saturated carbocycles. The van der Waals surface area contributed by atoms with Crippen LogP contribution in [0.2, 0.25) is 5.02 Å². The Morgan fingerprint density at radius 3 is 2.13 bits per heavy atom. The Labute approximate surface area is 224 Å². The third kappa shape index (κ3) is 6.06. The lowest BCUT2D eigenvalue weighted by atomic mass is 10.2. The maximum Gasteiger partial charge on any atom is 0.355 e. The van der Waals surface area contributed by atoms with Gasteiger partial charge in [0.1, 0.15) is 18.2 Å². The number of rotatable bonds is 8. The zero-order chi connectivity index (χ0) is 26.5. The molecule has 1 aliphatic rings. The van der Waals surface area contributed by atoms with Gasteiger partial charge in [-0.1, -0.05) is 35.9 Å². The van der Waals surface area contributed by atoms with E-state index in [1.165, 1.54) is 23.8 Å². The number of hydrogen-bond acceptors (Lipinski definition) is 7. The van der Waals surface area contributed by atoms with Crippen molar-refractivity contribution in [3.63, 3.8) is 0 Å². The Morgan fingerprint density at radius 1 is 0.842 bits per heavy atom. The second-order valence-corrected chi connectivity index (χ2v) is 9.33. The first-order chi connectivity index (χ1) is 18.5. The van der Waals surface area contributed by atoms with Crippen LogP contribution in [0.25, 0.3) is 0 Å². The highest BCUT2D eigenvalue weighted by molar-refractivity contribution is 6.30. The molecule has 0 bridgehead atoms. The maximum atomic E-state index is 13.2. The van der Waals surface area contributed by atoms with Crippen LogP contribution in [0.15, 0.2) is 77.6 Å². The lowest BCUT2D eigenvalue weighted by Crippen LogP contribution is -2.47. The first kappa shape index (κ1) is 25.5. The molecule has 2 heterocycles. The van der Waals surface area contributed by atoms with Gasteiger partial charge in [0.15, 0.2) is 0 Å². The van der Waals surface area contributed by atoms with Crippen LogP contribution in [0.5, 0.6) is 11.8 Å². The highest BCUT2D eigenvalue weighted by atomic mass is 35.5. The molecule has 38 heavy (non-hydrogen) atoms. The van der Waals surface area contributed by atoms with Crippen molar-refractivity contribution in [3.8, 4) is 11.8 Å². The third-order valence-corrected chi connectivity index (χ3v) is 6.62. The van der Waals surface area contributed by atoms with Crippen molar-refractivity contribution in [2.24, 2.45) is 0 Å². The SMILES string of the molecule is COc1nc(N2CCN(c3ccc(F)cc3)CC2)nc(=O)n1Cc1ccc(OCc2ccc(Cl)cc2)cc1. The average Bonchev–Trinajstić information content (AvgIpc) is 2.95. The summed E-state index contributed by atoms with van der Waals surface area (Å²) in [6, 6.07) is 21.7. The van der Waals surface area contributed by atoms with Crippen molar-refractivity contribution in [3.05, 3.63) is 105 Å². The van der Waals surface area contributed by atoms with Crippen LogP contribution in [-0.2, 0) is 13.2 Å². The normalized spacial score (nSPS) is 13.4. The predicted molar refractivity (Wildman–Crippen MR) is 145 cm³/mol. The van der Waals surface area contributed by atoms with Gasteiger partial charge >= 0.3 is 11.7 Å². The molecule has 1 saturated heterocycles. The molecule has 0 N–H and O–H groups in total. The van der Waals surface area contributed by atoms with Gasteiger partial charge < -0.3 is 19.3 Å². The summed E-state index contributed by atoms with van der Waals surface area (Å²) >= 11 is 5.93. The number of hydrogen-bond donors (Lipinski definition) is 0.